The van der Waals surface area contributed by atoms with Gasteiger partial charge in [-0.15, -0.1) is 0 Å². The van der Waals surface area contributed by atoms with Crippen LogP contribution in [0.25, 0.3) is 0 Å². The minimum Gasteiger partial charge on any atom is -0.394 e. The SMILES string of the molecule is CC(CCC(O)C(C)(O)CO)C1C(O)CC2(C)C3C(O)CC4C(C)(C)C(OC5OC(CO)C(O)C(O)C5O)CCC45CC35CCC12C. The second kappa shape index (κ2) is 11.8. The van der Waals surface area contributed by atoms with Crippen molar-refractivity contribution in [2.75, 3.05) is 13.2 Å². The standard InChI is InChI=1S/C36H62O11/c1-18(7-8-23(41)34(6,45)17-38)25-20(40)14-33(5)29-19(39)13-22-31(2,3)24(47-30-28(44)27(43)26(42)21(15-37)46-30)9-10-35(22)16-36(29,35)12-11-32(25,33)4/h18-30,37-45H,7-17H2,1-6H3. The Morgan fingerprint density at radius 1 is 0.872 bits per heavy atom. The fraction of sp³-hybridized carbons (Fsp3) is 1.00. The molecule has 0 aromatic carbocycles. The average molecular weight is 671 g/mol. The fourth-order valence-electron chi connectivity index (χ4n) is 13.0. The van der Waals surface area contributed by atoms with Crippen LogP contribution in [0, 0.1) is 50.7 Å². The molecule has 1 heterocycles. The summed E-state index contributed by atoms with van der Waals surface area (Å²) in [5, 5.41) is 95.3. The van der Waals surface area contributed by atoms with Gasteiger partial charge in [-0.05, 0) is 115 Å². The number of aliphatic hydroxyl groups excluding tert-OH is 8. The minimum atomic E-state index is -1.57. The third-order valence-corrected chi connectivity index (χ3v) is 15.8. The first-order valence-corrected chi connectivity index (χ1v) is 18.1. The molecule has 0 aromatic rings. The number of aliphatic hydroxyl groups is 9. The maximum atomic E-state index is 12.2. The monoisotopic (exact) mass is 670 g/mol. The molecule has 18 atom stereocenters. The Morgan fingerprint density at radius 3 is 2.19 bits per heavy atom. The van der Waals surface area contributed by atoms with E-state index in [1.54, 1.807) is 0 Å². The summed E-state index contributed by atoms with van der Waals surface area (Å²) in [6, 6.07) is 0. The molecule has 0 amide bonds. The van der Waals surface area contributed by atoms with Crippen molar-refractivity contribution in [2.45, 2.75) is 160 Å². The molecule has 2 spiro atoms. The quantitative estimate of drug-likeness (QED) is 0.159. The van der Waals surface area contributed by atoms with Crippen LogP contribution < -0.4 is 0 Å². The second-order valence-corrected chi connectivity index (χ2v) is 18.2. The Bertz CT molecular complexity index is 1160. The zero-order valence-corrected chi connectivity index (χ0v) is 29.1. The molecule has 5 saturated carbocycles. The molecule has 11 heteroatoms. The molecule has 0 bridgehead atoms. The van der Waals surface area contributed by atoms with Gasteiger partial charge in [0.05, 0.1) is 37.6 Å². The van der Waals surface area contributed by atoms with Crippen molar-refractivity contribution in [3.8, 4) is 0 Å². The zero-order valence-electron chi connectivity index (χ0n) is 29.1. The van der Waals surface area contributed by atoms with Crippen molar-refractivity contribution < 1.29 is 55.4 Å². The van der Waals surface area contributed by atoms with E-state index in [0.717, 1.165) is 32.1 Å². The van der Waals surface area contributed by atoms with Crippen molar-refractivity contribution in [3.05, 3.63) is 0 Å². The Hall–Kier alpha value is -0.440. The molecule has 0 aromatic heterocycles. The summed E-state index contributed by atoms with van der Waals surface area (Å²) in [6.45, 7) is 11.5. The summed E-state index contributed by atoms with van der Waals surface area (Å²) in [7, 11) is 0. The van der Waals surface area contributed by atoms with Gasteiger partial charge in [0.2, 0.25) is 0 Å². The molecular formula is C36H62O11. The Kier molecular flexibility index (Phi) is 9.13. The highest BCUT2D eigenvalue weighted by molar-refractivity contribution is 5.32. The lowest BCUT2D eigenvalue weighted by Gasteiger charge is -2.64. The van der Waals surface area contributed by atoms with Crippen LogP contribution in [0.3, 0.4) is 0 Å². The Labute approximate surface area is 279 Å². The Balaban J connectivity index is 1.21. The van der Waals surface area contributed by atoms with Crippen molar-refractivity contribution in [2.24, 2.45) is 50.7 Å². The van der Waals surface area contributed by atoms with Crippen LogP contribution in [0.5, 0.6) is 0 Å². The van der Waals surface area contributed by atoms with E-state index in [2.05, 4.69) is 34.6 Å². The number of rotatable bonds is 9. The highest BCUT2D eigenvalue weighted by Gasteiger charge is 2.84. The molecule has 47 heavy (non-hydrogen) atoms. The third kappa shape index (κ3) is 4.99. The van der Waals surface area contributed by atoms with Gasteiger partial charge in [-0.25, -0.2) is 0 Å². The third-order valence-electron chi connectivity index (χ3n) is 15.8. The lowest BCUT2D eigenvalue weighted by Crippen LogP contribution is -2.63. The summed E-state index contributed by atoms with van der Waals surface area (Å²) in [5.41, 5.74) is -2.48. The topological polar surface area (TPSA) is 201 Å². The molecule has 272 valence electrons. The molecule has 0 radical (unpaired) electrons. The summed E-state index contributed by atoms with van der Waals surface area (Å²) >= 11 is 0. The predicted molar refractivity (Wildman–Crippen MR) is 170 cm³/mol. The highest BCUT2D eigenvalue weighted by Crippen LogP contribution is 2.89. The molecule has 6 aliphatic rings. The summed E-state index contributed by atoms with van der Waals surface area (Å²) < 4.78 is 12.1. The Morgan fingerprint density at radius 2 is 1.55 bits per heavy atom. The van der Waals surface area contributed by atoms with E-state index >= 15 is 0 Å². The van der Waals surface area contributed by atoms with Crippen LogP contribution in [0.4, 0.5) is 0 Å². The van der Waals surface area contributed by atoms with Gasteiger partial charge < -0.3 is 55.4 Å². The highest BCUT2D eigenvalue weighted by atomic mass is 16.7. The zero-order chi connectivity index (χ0) is 34.7. The van der Waals surface area contributed by atoms with E-state index in [1.807, 2.05) is 0 Å². The van der Waals surface area contributed by atoms with Gasteiger partial charge in [0.15, 0.2) is 6.29 Å². The van der Waals surface area contributed by atoms with E-state index in [4.69, 9.17) is 9.47 Å². The van der Waals surface area contributed by atoms with Crippen LogP contribution in [0.2, 0.25) is 0 Å². The van der Waals surface area contributed by atoms with E-state index < -0.39 is 73.2 Å². The summed E-state index contributed by atoms with van der Waals surface area (Å²) in [4.78, 5) is 0. The predicted octanol–water partition coefficient (Wildman–Crippen LogP) is 1.07. The minimum absolute atomic E-state index is 0.0186. The summed E-state index contributed by atoms with van der Waals surface area (Å²) in [5.74, 6) is 0.247. The maximum Gasteiger partial charge on any atom is 0.186 e. The van der Waals surface area contributed by atoms with E-state index in [0.29, 0.717) is 25.7 Å². The molecule has 9 N–H and O–H groups in total. The average Bonchev–Trinajstić information content (AvgIpc) is 3.60. The van der Waals surface area contributed by atoms with Crippen molar-refractivity contribution in [1.29, 1.82) is 0 Å². The van der Waals surface area contributed by atoms with Crippen LogP contribution in [-0.2, 0) is 9.47 Å². The molecule has 1 saturated heterocycles. The van der Waals surface area contributed by atoms with E-state index in [9.17, 15) is 46.0 Å². The largest absolute Gasteiger partial charge is 0.394 e. The normalized spacial score (nSPS) is 54.3. The molecule has 1 aliphatic heterocycles. The van der Waals surface area contributed by atoms with Gasteiger partial charge >= 0.3 is 0 Å². The van der Waals surface area contributed by atoms with Gasteiger partial charge in [0.1, 0.15) is 30.0 Å². The van der Waals surface area contributed by atoms with Crippen molar-refractivity contribution >= 4 is 0 Å². The smallest absolute Gasteiger partial charge is 0.186 e. The maximum absolute atomic E-state index is 12.2. The van der Waals surface area contributed by atoms with Crippen LogP contribution in [-0.4, -0.2) is 120 Å². The lowest BCUT2D eigenvalue weighted by molar-refractivity contribution is -0.327. The number of fused-ring (bicyclic) bond motifs is 2. The number of hydrogen-bond donors (Lipinski definition) is 9. The number of ether oxygens (including phenoxy) is 2. The molecule has 5 aliphatic carbocycles. The van der Waals surface area contributed by atoms with Gasteiger partial charge in [0.25, 0.3) is 0 Å². The first-order chi connectivity index (χ1) is 21.8. The first kappa shape index (κ1) is 36.4. The molecule has 18 unspecified atom stereocenters. The van der Waals surface area contributed by atoms with Crippen LogP contribution >= 0.6 is 0 Å². The molecule has 11 nitrogen and oxygen atoms in total. The molecule has 6 fully saturated rings. The van der Waals surface area contributed by atoms with Gasteiger partial charge in [0, 0.05) is 0 Å². The van der Waals surface area contributed by atoms with E-state index in [1.165, 1.54) is 6.92 Å². The van der Waals surface area contributed by atoms with Gasteiger partial charge in [-0.2, -0.15) is 0 Å². The first-order valence-electron chi connectivity index (χ1n) is 18.1. The van der Waals surface area contributed by atoms with Crippen LogP contribution in [0.1, 0.15) is 99.3 Å². The molecule has 6 rings (SSSR count). The van der Waals surface area contributed by atoms with Crippen molar-refractivity contribution in [1.82, 2.24) is 0 Å². The van der Waals surface area contributed by atoms with Gasteiger partial charge in [-0.3, -0.25) is 0 Å². The lowest BCUT2D eigenvalue weighted by atomic mass is 9.41. The van der Waals surface area contributed by atoms with Crippen molar-refractivity contribution in [3.63, 3.8) is 0 Å². The molecular weight excluding hydrogens is 608 g/mol. The van der Waals surface area contributed by atoms with Crippen LogP contribution in [0.15, 0.2) is 0 Å². The second-order valence-electron chi connectivity index (χ2n) is 18.2. The number of hydrogen-bond acceptors (Lipinski definition) is 11. The fourth-order valence-corrected chi connectivity index (χ4v) is 13.0. The van der Waals surface area contributed by atoms with E-state index in [-0.39, 0.29) is 51.4 Å². The van der Waals surface area contributed by atoms with Gasteiger partial charge in [-0.1, -0.05) is 34.6 Å². The summed E-state index contributed by atoms with van der Waals surface area (Å²) in [6.07, 6.45) is -2.38.